The van der Waals surface area contributed by atoms with Crippen LogP contribution in [-0.2, 0) is 13.0 Å². The van der Waals surface area contributed by atoms with Gasteiger partial charge in [0.15, 0.2) is 5.96 Å². The van der Waals surface area contributed by atoms with E-state index >= 15 is 0 Å². The summed E-state index contributed by atoms with van der Waals surface area (Å²) in [7, 11) is 1.61. The Balaban J connectivity index is 1.94. The van der Waals surface area contributed by atoms with Crippen molar-refractivity contribution in [2.45, 2.75) is 19.9 Å². The van der Waals surface area contributed by atoms with Gasteiger partial charge < -0.3 is 15.4 Å². The molecule has 1 aromatic heterocycles. The van der Waals surface area contributed by atoms with Crippen molar-refractivity contribution < 1.29 is 4.74 Å². The van der Waals surface area contributed by atoms with Crippen LogP contribution >= 0.6 is 11.6 Å². The van der Waals surface area contributed by atoms with Crippen LogP contribution in [0.3, 0.4) is 0 Å². The van der Waals surface area contributed by atoms with Crippen molar-refractivity contribution in [1.29, 1.82) is 0 Å². The van der Waals surface area contributed by atoms with Gasteiger partial charge in [-0.3, -0.25) is 0 Å². The van der Waals surface area contributed by atoms with Crippen LogP contribution in [-0.4, -0.2) is 31.1 Å². The van der Waals surface area contributed by atoms with E-state index in [0.29, 0.717) is 12.4 Å². The van der Waals surface area contributed by atoms with E-state index in [2.05, 4.69) is 20.6 Å². The SMILES string of the molecule is CCNC(=NCc1cccnc1OC)NCCc1ccccc1Cl. The van der Waals surface area contributed by atoms with Crippen LogP contribution in [0, 0.1) is 0 Å². The summed E-state index contributed by atoms with van der Waals surface area (Å²) < 4.78 is 5.25. The second-order valence-corrected chi connectivity index (χ2v) is 5.54. The minimum atomic E-state index is 0.498. The summed E-state index contributed by atoms with van der Waals surface area (Å²) in [5.41, 5.74) is 2.07. The molecular formula is C18H23ClN4O. The Morgan fingerprint density at radius 2 is 1.96 bits per heavy atom. The normalized spacial score (nSPS) is 11.2. The fraction of sp³-hybridized carbons (Fsp3) is 0.333. The highest BCUT2D eigenvalue weighted by molar-refractivity contribution is 6.31. The van der Waals surface area contributed by atoms with Crippen molar-refractivity contribution in [3.05, 3.63) is 58.7 Å². The highest BCUT2D eigenvalue weighted by atomic mass is 35.5. The number of halogens is 1. The number of aliphatic imine (C=N–C) groups is 1. The summed E-state index contributed by atoms with van der Waals surface area (Å²) in [4.78, 5) is 8.77. The second-order valence-electron chi connectivity index (χ2n) is 5.14. The maximum atomic E-state index is 6.18. The lowest BCUT2D eigenvalue weighted by molar-refractivity contribution is 0.392. The van der Waals surface area contributed by atoms with Gasteiger partial charge in [-0.05, 0) is 31.0 Å². The third kappa shape index (κ3) is 5.42. The summed E-state index contributed by atoms with van der Waals surface area (Å²) >= 11 is 6.18. The molecule has 0 bridgehead atoms. The molecule has 0 amide bonds. The molecule has 1 aromatic carbocycles. The first-order valence-electron chi connectivity index (χ1n) is 7.98. The number of nitrogens with zero attached hydrogens (tertiary/aromatic N) is 2. The van der Waals surface area contributed by atoms with Crippen LogP contribution in [0.2, 0.25) is 5.02 Å². The Kier molecular flexibility index (Phi) is 7.36. The van der Waals surface area contributed by atoms with Crippen LogP contribution < -0.4 is 15.4 Å². The highest BCUT2D eigenvalue weighted by Gasteiger charge is 2.04. The molecule has 0 aliphatic heterocycles. The molecule has 0 spiro atoms. The maximum absolute atomic E-state index is 6.18. The number of guanidine groups is 1. The van der Waals surface area contributed by atoms with Crippen molar-refractivity contribution in [2.75, 3.05) is 20.2 Å². The Bertz CT molecular complexity index is 676. The number of benzene rings is 1. The van der Waals surface area contributed by atoms with Crippen LogP contribution in [0.4, 0.5) is 0 Å². The summed E-state index contributed by atoms with van der Waals surface area (Å²) in [5, 5.41) is 7.35. The number of hydrogen-bond acceptors (Lipinski definition) is 3. The summed E-state index contributed by atoms with van der Waals surface area (Å²) in [5.74, 6) is 1.36. The zero-order valence-electron chi connectivity index (χ0n) is 14.1. The van der Waals surface area contributed by atoms with Gasteiger partial charge in [0.1, 0.15) is 0 Å². The third-order valence-corrected chi connectivity index (χ3v) is 3.81. The average molecular weight is 347 g/mol. The van der Waals surface area contributed by atoms with Crippen LogP contribution in [0.25, 0.3) is 0 Å². The molecule has 2 N–H and O–H groups in total. The van der Waals surface area contributed by atoms with Crippen molar-refractivity contribution >= 4 is 17.6 Å². The number of methoxy groups -OCH3 is 1. The Hall–Kier alpha value is -2.27. The van der Waals surface area contributed by atoms with Gasteiger partial charge in [0.05, 0.1) is 13.7 Å². The smallest absolute Gasteiger partial charge is 0.218 e. The molecule has 1 heterocycles. The van der Waals surface area contributed by atoms with Crippen molar-refractivity contribution in [1.82, 2.24) is 15.6 Å². The van der Waals surface area contributed by atoms with Crippen LogP contribution in [0.1, 0.15) is 18.1 Å². The predicted octanol–water partition coefficient (Wildman–Crippen LogP) is 3.04. The molecule has 0 saturated carbocycles. The molecular weight excluding hydrogens is 324 g/mol. The number of rotatable bonds is 7. The fourth-order valence-electron chi connectivity index (χ4n) is 2.25. The number of pyridine rings is 1. The molecule has 0 saturated heterocycles. The molecule has 24 heavy (non-hydrogen) atoms. The van der Waals surface area contributed by atoms with E-state index < -0.39 is 0 Å². The first-order valence-corrected chi connectivity index (χ1v) is 8.35. The molecule has 0 aliphatic carbocycles. The van der Waals surface area contributed by atoms with Crippen LogP contribution in [0.15, 0.2) is 47.6 Å². The topological polar surface area (TPSA) is 58.5 Å². The second kappa shape index (κ2) is 9.78. The lowest BCUT2D eigenvalue weighted by Gasteiger charge is -2.12. The van der Waals surface area contributed by atoms with Gasteiger partial charge in [-0.2, -0.15) is 0 Å². The Morgan fingerprint density at radius 3 is 2.71 bits per heavy atom. The van der Waals surface area contributed by atoms with E-state index in [0.717, 1.165) is 41.6 Å². The summed E-state index contributed by atoms with van der Waals surface area (Å²) in [6, 6.07) is 11.7. The molecule has 0 radical (unpaired) electrons. The van der Waals surface area contributed by atoms with Gasteiger partial charge in [0.25, 0.3) is 0 Å². The van der Waals surface area contributed by atoms with Crippen LogP contribution in [0.5, 0.6) is 5.88 Å². The molecule has 5 nitrogen and oxygen atoms in total. The molecule has 2 aromatic rings. The van der Waals surface area contributed by atoms with E-state index in [9.17, 15) is 0 Å². The van der Waals surface area contributed by atoms with E-state index in [1.165, 1.54) is 0 Å². The minimum Gasteiger partial charge on any atom is -0.481 e. The first kappa shape index (κ1) is 18.1. The molecule has 6 heteroatoms. The molecule has 0 atom stereocenters. The predicted molar refractivity (Wildman–Crippen MR) is 98.8 cm³/mol. The summed E-state index contributed by atoms with van der Waals surface area (Å²) in [6.45, 7) is 4.08. The lowest BCUT2D eigenvalue weighted by Crippen LogP contribution is -2.38. The zero-order chi connectivity index (χ0) is 17.2. The van der Waals surface area contributed by atoms with Crippen molar-refractivity contribution in [3.63, 3.8) is 0 Å². The number of aromatic nitrogens is 1. The van der Waals surface area contributed by atoms with Gasteiger partial charge in [-0.15, -0.1) is 0 Å². The molecule has 0 unspecified atom stereocenters. The number of nitrogens with one attached hydrogen (secondary N) is 2. The van der Waals surface area contributed by atoms with E-state index in [1.54, 1.807) is 13.3 Å². The van der Waals surface area contributed by atoms with Gasteiger partial charge in [0.2, 0.25) is 5.88 Å². The fourth-order valence-corrected chi connectivity index (χ4v) is 2.48. The Labute approximate surface area is 148 Å². The Morgan fingerprint density at radius 1 is 1.17 bits per heavy atom. The van der Waals surface area contributed by atoms with E-state index in [-0.39, 0.29) is 0 Å². The first-order chi connectivity index (χ1) is 11.7. The summed E-state index contributed by atoms with van der Waals surface area (Å²) in [6.07, 6.45) is 2.54. The number of ether oxygens (including phenoxy) is 1. The van der Waals surface area contributed by atoms with Crippen molar-refractivity contribution in [2.24, 2.45) is 4.99 Å². The maximum Gasteiger partial charge on any atom is 0.218 e. The zero-order valence-corrected chi connectivity index (χ0v) is 14.8. The van der Waals surface area contributed by atoms with Gasteiger partial charge in [0, 0.05) is 29.9 Å². The molecule has 128 valence electrons. The quantitative estimate of drug-likeness (QED) is 0.597. The van der Waals surface area contributed by atoms with Crippen molar-refractivity contribution in [3.8, 4) is 5.88 Å². The van der Waals surface area contributed by atoms with Gasteiger partial charge in [-0.25, -0.2) is 9.98 Å². The molecule has 2 rings (SSSR count). The minimum absolute atomic E-state index is 0.498. The average Bonchev–Trinajstić information content (AvgIpc) is 2.61. The number of hydrogen-bond donors (Lipinski definition) is 2. The molecule has 0 aliphatic rings. The standard InChI is InChI=1S/C18H23ClN4O/c1-3-20-18(22-12-10-14-7-4-5-9-16(14)19)23-13-15-8-6-11-21-17(15)24-2/h4-9,11H,3,10,12-13H2,1-2H3,(H2,20,22,23). The lowest BCUT2D eigenvalue weighted by atomic mass is 10.1. The monoisotopic (exact) mass is 346 g/mol. The highest BCUT2D eigenvalue weighted by Crippen LogP contribution is 2.15. The van der Waals surface area contributed by atoms with E-state index in [4.69, 9.17) is 16.3 Å². The third-order valence-electron chi connectivity index (χ3n) is 3.44. The molecule has 0 fully saturated rings. The van der Waals surface area contributed by atoms with Gasteiger partial charge >= 0.3 is 0 Å². The largest absolute Gasteiger partial charge is 0.481 e. The van der Waals surface area contributed by atoms with Gasteiger partial charge in [-0.1, -0.05) is 35.9 Å². The van der Waals surface area contributed by atoms with E-state index in [1.807, 2.05) is 43.3 Å².